The zero-order valence-electron chi connectivity index (χ0n) is 9.10. The maximum Gasteiger partial charge on any atom is 0.337 e. The van der Waals surface area contributed by atoms with Crippen LogP contribution in [0.25, 0.3) is 0 Å². The van der Waals surface area contributed by atoms with Crippen LogP contribution in [0.5, 0.6) is 5.75 Å². The van der Waals surface area contributed by atoms with Crippen molar-refractivity contribution in [2.45, 2.75) is 20.0 Å². The van der Waals surface area contributed by atoms with Crippen molar-refractivity contribution in [1.82, 2.24) is 0 Å². The van der Waals surface area contributed by atoms with Crippen molar-refractivity contribution in [3.05, 3.63) is 29.8 Å². The lowest BCUT2D eigenvalue weighted by Gasteiger charge is -2.06. The largest absolute Gasteiger partial charge is 0.497 e. The Kier molecular flexibility index (Phi) is 6.13. The lowest BCUT2D eigenvalue weighted by atomic mass is 10.1. The SMILES string of the molecule is CC.COc1ccc(C(O)C(=O)O)cc1. The molecule has 0 heterocycles. The fourth-order valence-electron chi connectivity index (χ4n) is 0.929. The number of hydrogen-bond acceptors (Lipinski definition) is 3. The summed E-state index contributed by atoms with van der Waals surface area (Å²) in [5, 5.41) is 17.6. The summed E-state index contributed by atoms with van der Waals surface area (Å²) in [6, 6.07) is 6.22. The molecule has 15 heavy (non-hydrogen) atoms. The first kappa shape index (κ1) is 13.4. The summed E-state index contributed by atoms with van der Waals surface area (Å²) in [6.07, 6.45) is -1.47. The third kappa shape index (κ3) is 3.99. The Morgan fingerprint density at radius 3 is 2.07 bits per heavy atom. The highest BCUT2D eigenvalue weighted by atomic mass is 16.5. The Morgan fingerprint density at radius 1 is 1.27 bits per heavy atom. The van der Waals surface area contributed by atoms with Gasteiger partial charge in [0.1, 0.15) is 5.75 Å². The van der Waals surface area contributed by atoms with Gasteiger partial charge in [-0.05, 0) is 17.7 Å². The second kappa shape index (κ2) is 6.84. The second-order valence-corrected chi connectivity index (χ2v) is 2.51. The van der Waals surface area contributed by atoms with Crippen LogP contribution in [0.2, 0.25) is 0 Å². The molecule has 0 aliphatic rings. The minimum atomic E-state index is -1.47. The van der Waals surface area contributed by atoms with Gasteiger partial charge in [-0.3, -0.25) is 0 Å². The topological polar surface area (TPSA) is 66.8 Å². The number of aliphatic hydroxyl groups excluding tert-OH is 1. The number of hydrogen-bond donors (Lipinski definition) is 2. The van der Waals surface area contributed by atoms with Gasteiger partial charge in [0.25, 0.3) is 0 Å². The summed E-state index contributed by atoms with van der Waals surface area (Å²) in [5.74, 6) is -0.633. The van der Waals surface area contributed by atoms with Gasteiger partial charge >= 0.3 is 5.97 Å². The average molecular weight is 212 g/mol. The maximum absolute atomic E-state index is 10.4. The molecule has 1 rings (SSSR count). The van der Waals surface area contributed by atoms with Gasteiger partial charge in [-0.25, -0.2) is 4.79 Å². The molecule has 0 saturated heterocycles. The third-order valence-electron chi connectivity index (χ3n) is 1.67. The minimum Gasteiger partial charge on any atom is -0.497 e. The average Bonchev–Trinajstić information content (AvgIpc) is 2.31. The van der Waals surface area contributed by atoms with E-state index in [2.05, 4.69) is 0 Å². The number of carboxylic acids is 1. The molecule has 1 aromatic carbocycles. The molecule has 0 aliphatic carbocycles. The number of rotatable bonds is 3. The van der Waals surface area contributed by atoms with E-state index in [1.54, 1.807) is 12.1 Å². The van der Waals surface area contributed by atoms with Gasteiger partial charge in [0.15, 0.2) is 6.10 Å². The fraction of sp³-hybridized carbons (Fsp3) is 0.364. The van der Waals surface area contributed by atoms with Gasteiger partial charge in [-0.1, -0.05) is 26.0 Å². The normalized spacial score (nSPS) is 10.9. The number of carboxylic acid groups (broad SMARTS) is 1. The van der Waals surface area contributed by atoms with Crippen LogP contribution in [0.4, 0.5) is 0 Å². The van der Waals surface area contributed by atoms with E-state index in [1.165, 1.54) is 19.2 Å². The van der Waals surface area contributed by atoms with E-state index in [-0.39, 0.29) is 0 Å². The number of benzene rings is 1. The van der Waals surface area contributed by atoms with Crippen molar-refractivity contribution >= 4 is 5.97 Å². The van der Waals surface area contributed by atoms with E-state index in [4.69, 9.17) is 14.9 Å². The quantitative estimate of drug-likeness (QED) is 0.802. The van der Waals surface area contributed by atoms with Crippen LogP contribution >= 0.6 is 0 Å². The second-order valence-electron chi connectivity index (χ2n) is 2.51. The molecule has 1 aromatic rings. The summed E-state index contributed by atoms with van der Waals surface area (Å²) in [6.45, 7) is 4.00. The summed E-state index contributed by atoms with van der Waals surface area (Å²) < 4.78 is 4.88. The Bertz CT molecular complexity index is 292. The summed E-state index contributed by atoms with van der Waals surface area (Å²) in [4.78, 5) is 10.4. The number of aliphatic hydroxyl groups is 1. The van der Waals surface area contributed by atoms with Gasteiger partial charge in [0, 0.05) is 0 Å². The van der Waals surface area contributed by atoms with Crippen LogP contribution in [0.3, 0.4) is 0 Å². The van der Waals surface area contributed by atoms with E-state index in [0.717, 1.165) is 0 Å². The fourth-order valence-corrected chi connectivity index (χ4v) is 0.929. The highest BCUT2D eigenvalue weighted by Crippen LogP contribution is 2.17. The molecule has 1 unspecified atom stereocenters. The summed E-state index contributed by atoms with van der Waals surface area (Å²) in [7, 11) is 1.52. The number of ether oxygens (including phenoxy) is 1. The molecule has 0 radical (unpaired) electrons. The molecular formula is C11H16O4. The summed E-state index contributed by atoms with van der Waals surface area (Å²) in [5.41, 5.74) is 0.341. The van der Waals surface area contributed by atoms with Crippen LogP contribution in [0, 0.1) is 0 Å². The van der Waals surface area contributed by atoms with Crippen molar-refractivity contribution in [3.63, 3.8) is 0 Å². The van der Waals surface area contributed by atoms with E-state index >= 15 is 0 Å². The van der Waals surface area contributed by atoms with E-state index in [9.17, 15) is 4.79 Å². The van der Waals surface area contributed by atoms with Gasteiger partial charge in [-0.15, -0.1) is 0 Å². The molecule has 0 saturated carbocycles. The molecule has 0 aliphatic heterocycles. The van der Waals surface area contributed by atoms with Crippen LogP contribution in [-0.4, -0.2) is 23.3 Å². The van der Waals surface area contributed by atoms with Crippen LogP contribution in [0.15, 0.2) is 24.3 Å². The molecule has 0 bridgehead atoms. The predicted molar refractivity (Wildman–Crippen MR) is 56.9 cm³/mol. The van der Waals surface area contributed by atoms with Crippen molar-refractivity contribution in [1.29, 1.82) is 0 Å². The molecule has 4 nitrogen and oxygen atoms in total. The molecule has 84 valence electrons. The maximum atomic E-state index is 10.4. The first-order chi connectivity index (χ1) is 7.15. The van der Waals surface area contributed by atoms with E-state index in [1.807, 2.05) is 13.8 Å². The zero-order chi connectivity index (χ0) is 11.8. The van der Waals surface area contributed by atoms with Crippen molar-refractivity contribution < 1.29 is 19.7 Å². The smallest absolute Gasteiger partial charge is 0.337 e. The molecule has 0 aromatic heterocycles. The number of methoxy groups -OCH3 is 1. The number of carbonyl (C=O) groups is 1. The van der Waals surface area contributed by atoms with Crippen LogP contribution in [0.1, 0.15) is 25.5 Å². The summed E-state index contributed by atoms with van der Waals surface area (Å²) >= 11 is 0. The Balaban J connectivity index is 0.000000921. The molecule has 0 spiro atoms. The highest BCUT2D eigenvalue weighted by Gasteiger charge is 2.14. The Hall–Kier alpha value is -1.55. The van der Waals surface area contributed by atoms with E-state index in [0.29, 0.717) is 11.3 Å². The zero-order valence-corrected chi connectivity index (χ0v) is 9.10. The highest BCUT2D eigenvalue weighted by molar-refractivity contribution is 5.74. The Morgan fingerprint density at radius 2 is 1.73 bits per heavy atom. The van der Waals surface area contributed by atoms with Crippen molar-refractivity contribution in [2.24, 2.45) is 0 Å². The monoisotopic (exact) mass is 212 g/mol. The van der Waals surface area contributed by atoms with Crippen molar-refractivity contribution in [3.8, 4) is 5.75 Å². The van der Waals surface area contributed by atoms with Crippen molar-refractivity contribution in [2.75, 3.05) is 7.11 Å². The molecule has 0 amide bonds. The first-order valence-electron chi connectivity index (χ1n) is 4.70. The molecular weight excluding hydrogens is 196 g/mol. The lowest BCUT2D eigenvalue weighted by molar-refractivity contribution is -0.146. The molecule has 1 atom stereocenters. The van der Waals surface area contributed by atoms with Gasteiger partial charge in [0.2, 0.25) is 0 Å². The van der Waals surface area contributed by atoms with Gasteiger partial charge < -0.3 is 14.9 Å². The molecule has 0 fully saturated rings. The van der Waals surface area contributed by atoms with Crippen LogP contribution < -0.4 is 4.74 Å². The molecule has 2 N–H and O–H groups in total. The van der Waals surface area contributed by atoms with Crippen LogP contribution in [-0.2, 0) is 4.79 Å². The van der Waals surface area contributed by atoms with Gasteiger partial charge in [0.05, 0.1) is 7.11 Å². The van der Waals surface area contributed by atoms with Gasteiger partial charge in [-0.2, -0.15) is 0 Å². The Labute approximate surface area is 89.1 Å². The predicted octanol–water partition coefficient (Wildman–Crippen LogP) is 1.84. The van der Waals surface area contributed by atoms with E-state index < -0.39 is 12.1 Å². The molecule has 4 heteroatoms. The number of aliphatic carboxylic acids is 1. The third-order valence-corrected chi connectivity index (χ3v) is 1.67. The minimum absolute atomic E-state index is 0.341. The lowest BCUT2D eigenvalue weighted by Crippen LogP contribution is -2.09. The first-order valence-corrected chi connectivity index (χ1v) is 4.70. The standard InChI is InChI=1S/C9H10O4.C2H6/c1-13-7-4-2-6(3-5-7)8(10)9(11)12;1-2/h2-5,8,10H,1H3,(H,11,12);1-2H3.